The Morgan fingerprint density at radius 3 is 2.60 bits per heavy atom. The summed E-state index contributed by atoms with van der Waals surface area (Å²) in [5, 5.41) is 2.80. The number of carbonyl (C=O) groups is 1. The molecule has 0 spiro atoms. The Kier molecular flexibility index (Phi) is 6.89. The van der Waals surface area contributed by atoms with Gasteiger partial charge in [0.2, 0.25) is 0 Å². The van der Waals surface area contributed by atoms with Crippen molar-refractivity contribution in [1.82, 2.24) is 15.3 Å². The quantitative estimate of drug-likeness (QED) is 0.747. The first-order chi connectivity index (χ1) is 12.0. The van der Waals surface area contributed by atoms with Crippen LogP contribution in [0.3, 0.4) is 0 Å². The molecule has 1 N–H and O–H groups in total. The summed E-state index contributed by atoms with van der Waals surface area (Å²) in [6.45, 7) is 7.66. The Labute approximate surface area is 149 Å². The number of nitrogens with zero attached hydrogens (tertiary/aromatic N) is 3. The molecular formula is C19H26N4O2. The fourth-order valence-electron chi connectivity index (χ4n) is 2.48. The molecule has 25 heavy (non-hydrogen) atoms. The standard InChI is InChI=1S/C19H26N4O2/c1-14(2)23(13-16-8-6-5-7-9-16)18-12-17(21-15(3)22-18)19(24)20-10-11-25-4/h5-9,12,14H,10-11,13H2,1-4H3,(H,20,24). The summed E-state index contributed by atoms with van der Waals surface area (Å²) in [5.74, 6) is 1.11. The summed E-state index contributed by atoms with van der Waals surface area (Å²) in [4.78, 5) is 23.3. The molecule has 0 saturated heterocycles. The maximum Gasteiger partial charge on any atom is 0.270 e. The minimum absolute atomic E-state index is 0.216. The number of aromatic nitrogens is 2. The molecule has 2 aromatic rings. The second-order valence-corrected chi connectivity index (χ2v) is 6.11. The fourth-order valence-corrected chi connectivity index (χ4v) is 2.48. The number of methoxy groups -OCH3 is 1. The molecule has 0 fully saturated rings. The smallest absolute Gasteiger partial charge is 0.270 e. The number of ether oxygens (including phenoxy) is 1. The Morgan fingerprint density at radius 1 is 1.24 bits per heavy atom. The van der Waals surface area contributed by atoms with E-state index in [9.17, 15) is 4.79 Å². The Bertz CT molecular complexity index is 689. The van der Waals surface area contributed by atoms with Crippen LogP contribution in [0.2, 0.25) is 0 Å². The van der Waals surface area contributed by atoms with Crippen LogP contribution in [0.4, 0.5) is 5.82 Å². The minimum atomic E-state index is -0.216. The first-order valence-electron chi connectivity index (χ1n) is 8.44. The topological polar surface area (TPSA) is 67.3 Å². The molecule has 0 unspecified atom stereocenters. The van der Waals surface area contributed by atoms with Crippen LogP contribution >= 0.6 is 0 Å². The van der Waals surface area contributed by atoms with Gasteiger partial charge in [0.15, 0.2) is 0 Å². The molecule has 0 radical (unpaired) electrons. The lowest BCUT2D eigenvalue weighted by Gasteiger charge is -2.28. The van der Waals surface area contributed by atoms with Crippen LogP contribution < -0.4 is 10.2 Å². The monoisotopic (exact) mass is 342 g/mol. The summed E-state index contributed by atoms with van der Waals surface area (Å²) < 4.78 is 4.96. The molecule has 0 aliphatic rings. The molecule has 0 saturated carbocycles. The molecule has 1 heterocycles. The Hall–Kier alpha value is -2.47. The highest BCUT2D eigenvalue weighted by molar-refractivity contribution is 5.92. The van der Waals surface area contributed by atoms with Crippen molar-refractivity contribution in [2.75, 3.05) is 25.2 Å². The SMILES string of the molecule is COCCNC(=O)c1cc(N(Cc2ccccc2)C(C)C)nc(C)n1. The number of nitrogens with one attached hydrogen (secondary N) is 1. The molecule has 0 atom stereocenters. The normalized spacial score (nSPS) is 10.8. The van der Waals surface area contributed by atoms with Gasteiger partial charge < -0.3 is 15.0 Å². The second kappa shape index (κ2) is 9.13. The maximum absolute atomic E-state index is 12.3. The third kappa shape index (κ3) is 5.53. The van der Waals surface area contributed by atoms with Gasteiger partial charge in [0.05, 0.1) is 6.61 Å². The summed E-state index contributed by atoms with van der Waals surface area (Å²) in [6.07, 6.45) is 0. The lowest BCUT2D eigenvalue weighted by atomic mass is 10.2. The van der Waals surface area contributed by atoms with Crippen LogP contribution in [0.5, 0.6) is 0 Å². The van der Waals surface area contributed by atoms with E-state index in [4.69, 9.17) is 4.74 Å². The van der Waals surface area contributed by atoms with E-state index in [1.807, 2.05) is 18.2 Å². The van der Waals surface area contributed by atoms with Crippen LogP contribution in [0, 0.1) is 6.92 Å². The number of benzene rings is 1. The Balaban J connectivity index is 2.24. The van der Waals surface area contributed by atoms with Gasteiger partial charge in [-0.05, 0) is 26.3 Å². The fraction of sp³-hybridized carbons (Fsp3) is 0.421. The molecule has 1 amide bonds. The van der Waals surface area contributed by atoms with E-state index in [0.29, 0.717) is 24.7 Å². The van der Waals surface area contributed by atoms with Crippen molar-refractivity contribution in [2.24, 2.45) is 0 Å². The first kappa shape index (κ1) is 18.9. The van der Waals surface area contributed by atoms with E-state index in [-0.39, 0.29) is 11.9 Å². The molecule has 0 aliphatic carbocycles. The second-order valence-electron chi connectivity index (χ2n) is 6.11. The number of hydrogen-bond donors (Lipinski definition) is 1. The van der Waals surface area contributed by atoms with E-state index in [2.05, 4.69) is 46.2 Å². The van der Waals surface area contributed by atoms with Gasteiger partial charge in [-0.25, -0.2) is 9.97 Å². The van der Waals surface area contributed by atoms with Crippen LogP contribution in [0.25, 0.3) is 0 Å². The van der Waals surface area contributed by atoms with E-state index in [1.165, 1.54) is 5.56 Å². The van der Waals surface area contributed by atoms with Crippen molar-refractivity contribution >= 4 is 11.7 Å². The van der Waals surface area contributed by atoms with E-state index >= 15 is 0 Å². The van der Waals surface area contributed by atoms with Crippen molar-refractivity contribution in [3.05, 3.63) is 53.5 Å². The van der Waals surface area contributed by atoms with E-state index < -0.39 is 0 Å². The van der Waals surface area contributed by atoms with Gasteiger partial charge in [0.1, 0.15) is 17.3 Å². The zero-order valence-corrected chi connectivity index (χ0v) is 15.3. The molecule has 0 aliphatic heterocycles. The summed E-state index contributed by atoms with van der Waals surface area (Å²) in [6, 6.07) is 12.2. The van der Waals surface area contributed by atoms with E-state index in [1.54, 1.807) is 20.1 Å². The van der Waals surface area contributed by atoms with Gasteiger partial charge in [0, 0.05) is 32.3 Å². The number of rotatable bonds is 8. The molecule has 6 nitrogen and oxygen atoms in total. The number of hydrogen-bond acceptors (Lipinski definition) is 5. The number of amides is 1. The predicted molar refractivity (Wildman–Crippen MR) is 98.7 cm³/mol. The average Bonchev–Trinajstić information content (AvgIpc) is 2.60. The summed E-state index contributed by atoms with van der Waals surface area (Å²) in [7, 11) is 1.60. The molecule has 2 rings (SSSR count). The van der Waals surface area contributed by atoms with E-state index in [0.717, 1.165) is 12.4 Å². The zero-order chi connectivity index (χ0) is 18.2. The van der Waals surface area contributed by atoms with Crippen LogP contribution in [-0.4, -0.2) is 42.2 Å². The summed E-state index contributed by atoms with van der Waals surface area (Å²) >= 11 is 0. The Morgan fingerprint density at radius 2 is 1.96 bits per heavy atom. The lowest BCUT2D eigenvalue weighted by molar-refractivity contribution is 0.0931. The molecule has 1 aromatic heterocycles. The number of aryl methyl sites for hydroxylation is 1. The van der Waals surface area contributed by atoms with Gasteiger partial charge >= 0.3 is 0 Å². The van der Waals surface area contributed by atoms with Crippen molar-refractivity contribution in [2.45, 2.75) is 33.4 Å². The third-order valence-corrected chi connectivity index (χ3v) is 3.76. The van der Waals surface area contributed by atoms with Crippen molar-refractivity contribution < 1.29 is 9.53 Å². The van der Waals surface area contributed by atoms with Gasteiger partial charge in [-0.15, -0.1) is 0 Å². The molecule has 1 aromatic carbocycles. The highest BCUT2D eigenvalue weighted by atomic mass is 16.5. The minimum Gasteiger partial charge on any atom is -0.383 e. The highest BCUT2D eigenvalue weighted by Gasteiger charge is 2.17. The first-order valence-corrected chi connectivity index (χ1v) is 8.44. The van der Waals surface area contributed by atoms with Crippen LogP contribution in [0.1, 0.15) is 35.7 Å². The van der Waals surface area contributed by atoms with Gasteiger partial charge in [0.25, 0.3) is 5.91 Å². The van der Waals surface area contributed by atoms with Crippen LogP contribution in [0.15, 0.2) is 36.4 Å². The molecular weight excluding hydrogens is 316 g/mol. The van der Waals surface area contributed by atoms with Gasteiger partial charge in [-0.2, -0.15) is 0 Å². The predicted octanol–water partition coefficient (Wildman–Crippen LogP) is 2.58. The summed E-state index contributed by atoms with van der Waals surface area (Å²) in [5.41, 5.74) is 1.57. The largest absolute Gasteiger partial charge is 0.383 e. The molecule has 0 bridgehead atoms. The highest BCUT2D eigenvalue weighted by Crippen LogP contribution is 2.19. The van der Waals surface area contributed by atoms with Crippen molar-refractivity contribution in [1.29, 1.82) is 0 Å². The average molecular weight is 342 g/mol. The number of carbonyl (C=O) groups excluding carboxylic acids is 1. The zero-order valence-electron chi connectivity index (χ0n) is 15.3. The molecule has 134 valence electrons. The van der Waals surface area contributed by atoms with Gasteiger partial charge in [-0.1, -0.05) is 30.3 Å². The van der Waals surface area contributed by atoms with Crippen molar-refractivity contribution in [3.8, 4) is 0 Å². The number of anilines is 1. The third-order valence-electron chi connectivity index (χ3n) is 3.76. The van der Waals surface area contributed by atoms with Gasteiger partial charge in [-0.3, -0.25) is 4.79 Å². The van der Waals surface area contributed by atoms with Crippen LogP contribution in [-0.2, 0) is 11.3 Å². The molecule has 6 heteroatoms. The lowest BCUT2D eigenvalue weighted by Crippen LogP contribution is -2.32. The maximum atomic E-state index is 12.3. The van der Waals surface area contributed by atoms with Crippen molar-refractivity contribution in [3.63, 3.8) is 0 Å².